The fraction of sp³-hybridized carbons (Fsp3) is 0.381. The Morgan fingerprint density at radius 3 is 2.21 bits per heavy atom. The van der Waals surface area contributed by atoms with Crippen LogP contribution >= 0.6 is 0 Å². The lowest BCUT2D eigenvalue weighted by molar-refractivity contribution is 0.0491. The van der Waals surface area contributed by atoms with Crippen molar-refractivity contribution in [2.24, 2.45) is 0 Å². The minimum atomic E-state index is -0.235. The summed E-state index contributed by atoms with van der Waals surface area (Å²) in [6.07, 6.45) is 4.41. The van der Waals surface area contributed by atoms with Gasteiger partial charge in [0, 0.05) is 6.54 Å². The van der Waals surface area contributed by atoms with Crippen LogP contribution in [0.1, 0.15) is 35.2 Å². The molecule has 0 heterocycles. The largest absolute Gasteiger partial charge is 0.462 e. The van der Waals surface area contributed by atoms with Crippen LogP contribution in [0.25, 0.3) is 0 Å². The van der Waals surface area contributed by atoms with E-state index in [2.05, 4.69) is 42.3 Å². The van der Waals surface area contributed by atoms with Crippen molar-refractivity contribution in [3.8, 4) is 0 Å². The minimum absolute atomic E-state index is 0.235. The van der Waals surface area contributed by atoms with Crippen LogP contribution in [-0.2, 0) is 11.2 Å². The van der Waals surface area contributed by atoms with Crippen molar-refractivity contribution in [3.63, 3.8) is 0 Å². The number of hydrogen-bond acceptors (Lipinski definition) is 3. The van der Waals surface area contributed by atoms with Crippen LogP contribution in [0.3, 0.4) is 0 Å². The molecule has 0 N–H and O–H groups in total. The molecular formula is C21H27NO2. The quantitative estimate of drug-likeness (QED) is 0.484. The van der Waals surface area contributed by atoms with E-state index in [-0.39, 0.29) is 5.97 Å². The molecule has 2 aromatic carbocycles. The smallest absolute Gasteiger partial charge is 0.338 e. The highest BCUT2D eigenvalue weighted by Gasteiger charge is 2.06. The Balaban J connectivity index is 1.50. The van der Waals surface area contributed by atoms with Crippen LogP contribution in [0.2, 0.25) is 0 Å². The molecule has 0 saturated carbocycles. The second kappa shape index (κ2) is 10.6. The van der Waals surface area contributed by atoms with E-state index in [9.17, 15) is 4.79 Å². The highest BCUT2D eigenvalue weighted by atomic mass is 16.5. The summed E-state index contributed by atoms with van der Waals surface area (Å²) in [5.41, 5.74) is 2.03. The van der Waals surface area contributed by atoms with Gasteiger partial charge in [0.1, 0.15) is 0 Å². The average Bonchev–Trinajstić information content (AvgIpc) is 2.64. The number of ether oxygens (including phenoxy) is 1. The minimum Gasteiger partial charge on any atom is -0.462 e. The van der Waals surface area contributed by atoms with Gasteiger partial charge in [0.15, 0.2) is 0 Å². The lowest BCUT2D eigenvalue weighted by Gasteiger charge is -2.16. The molecule has 0 fully saturated rings. The van der Waals surface area contributed by atoms with Crippen LogP contribution in [0, 0.1) is 0 Å². The first-order valence-electron chi connectivity index (χ1n) is 8.70. The first-order chi connectivity index (χ1) is 11.8. The third kappa shape index (κ3) is 6.97. The number of carbonyl (C=O) groups excluding carboxylic acids is 1. The van der Waals surface area contributed by atoms with Crippen molar-refractivity contribution in [3.05, 3.63) is 71.8 Å². The maximum absolute atomic E-state index is 11.8. The Hall–Kier alpha value is -2.13. The normalized spacial score (nSPS) is 10.8. The number of esters is 1. The molecular weight excluding hydrogens is 298 g/mol. The molecule has 3 nitrogen and oxygen atoms in total. The van der Waals surface area contributed by atoms with Gasteiger partial charge >= 0.3 is 5.97 Å². The van der Waals surface area contributed by atoms with Crippen molar-refractivity contribution in [1.82, 2.24) is 4.90 Å². The van der Waals surface area contributed by atoms with Crippen LogP contribution in [0.15, 0.2) is 60.7 Å². The number of nitrogens with zero attached hydrogens (tertiary/aromatic N) is 1. The van der Waals surface area contributed by atoms with Gasteiger partial charge in [0.05, 0.1) is 12.2 Å². The van der Waals surface area contributed by atoms with E-state index in [1.165, 1.54) is 18.4 Å². The predicted octanol–water partition coefficient (Wildman–Crippen LogP) is 4.19. The van der Waals surface area contributed by atoms with E-state index in [4.69, 9.17) is 4.74 Å². The molecule has 0 spiro atoms. The zero-order valence-corrected chi connectivity index (χ0v) is 14.5. The number of unbranched alkanes of at least 4 members (excludes halogenated alkanes) is 1. The average molecular weight is 325 g/mol. The lowest BCUT2D eigenvalue weighted by Crippen LogP contribution is -2.22. The summed E-state index contributed by atoms with van der Waals surface area (Å²) in [5.74, 6) is -0.235. The number of benzene rings is 2. The maximum atomic E-state index is 11.8. The fourth-order valence-electron chi connectivity index (χ4n) is 2.62. The lowest BCUT2D eigenvalue weighted by atomic mass is 10.1. The highest BCUT2D eigenvalue weighted by Crippen LogP contribution is 2.05. The Labute approximate surface area is 145 Å². The summed E-state index contributed by atoms with van der Waals surface area (Å²) >= 11 is 0. The van der Waals surface area contributed by atoms with E-state index in [1.54, 1.807) is 12.1 Å². The molecule has 3 heteroatoms. The van der Waals surface area contributed by atoms with Gasteiger partial charge < -0.3 is 9.64 Å². The summed E-state index contributed by atoms with van der Waals surface area (Å²) in [7, 11) is 2.13. The molecule has 2 rings (SSSR count). The Bertz CT molecular complexity index is 583. The topological polar surface area (TPSA) is 29.5 Å². The molecule has 24 heavy (non-hydrogen) atoms. The van der Waals surface area contributed by atoms with Gasteiger partial charge in [0.2, 0.25) is 0 Å². The zero-order valence-electron chi connectivity index (χ0n) is 14.5. The van der Waals surface area contributed by atoms with Crippen molar-refractivity contribution in [2.45, 2.75) is 25.7 Å². The van der Waals surface area contributed by atoms with Gasteiger partial charge in [-0.15, -0.1) is 0 Å². The molecule has 0 atom stereocenters. The van der Waals surface area contributed by atoms with E-state index >= 15 is 0 Å². The van der Waals surface area contributed by atoms with E-state index in [1.807, 2.05) is 18.2 Å². The monoisotopic (exact) mass is 325 g/mol. The molecule has 0 aromatic heterocycles. The molecule has 128 valence electrons. The van der Waals surface area contributed by atoms with Gasteiger partial charge in [-0.05, 0) is 57.0 Å². The van der Waals surface area contributed by atoms with Gasteiger partial charge in [0.25, 0.3) is 0 Å². The first kappa shape index (κ1) is 18.2. The number of carbonyl (C=O) groups is 1. The summed E-state index contributed by atoms with van der Waals surface area (Å²) in [4.78, 5) is 14.1. The third-order valence-electron chi connectivity index (χ3n) is 4.02. The van der Waals surface area contributed by atoms with Gasteiger partial charge in [-0.1, -0.05) is 48.5 Å². The van der Waals surface area contributed by atoms with Gasteiger partial charge in [-0.3, -0.25) is 0 Å². The molecule has 0 bridgehead atoms. The Kier molecular flexibility index (Phi) is 8.05. The van der Waals surface area contributed by atoms with Crippen LogP contribution in [0.5, 0.6) is 0 Å². The van der Waals surface area contributed by atoms with E-state index in [0.29, 0.717) is 12.2 Å². The highest BCUT2D eigenvalue weighted by molar-refractivity contribution is 5.89. The maximum Gasteiger partial charge on any atom is 0.338 e. The number of aryl methyl sites for hydroxylation is 1. The molecule has 0 aliphatic heterocycles. The summed E-state index contributed by atoms with van der Waals surface area (Å²) in [5, 5.41) is 0. The first-order valence-corrected chi connectivity index (χ1v) is 8.70. The van der Waals surface area contributed by atoms with Crippen LogP contribution in [-0.4, -0.2) is 37.6 Å². The van der Waals surface area contributed by atoms with E-state index < -0.39 is 0 Å². The SMILES string of the molecule is CN(CCCCc1ccccc1)CCCOC(=O)c1ccccc1. The number of hydrogen-bond donors (Lipinski definition) is 0. The van der Waals surface area contributed by atoms with Crippen LogP contribution in [0.4, 0.5) is 0 Å². The van der Waals surface area contributed by atoms with Gasteiger partial charge in [-0.2, -0.15) is 0 Å². The summed E-state index contributed by atoms with van der Waals surface area (Å²) < 4.78 is 5.30. The molecule has 2 aromatic rings. The molecule has 0 unspecified atom stereocenters. The van der Waals surface area contributed by atoms with Crippen molar-refractivity contribution in [2.75, 3.05) is 26.7 Å². The summed E-state index contributed by atoms with van der Waals surface area (Å²) in [6, 6.07) is 19.8. The second-order valence-electron chi connectivity index (χ2n) is 6.10. The van der Waals surface area contributed by atoms with E-state index in [0.717, 1.165) is 25.9 Å². The van der Waals surface area contributed by atoms with Gasteiger partial charge in [-0.25, -0.2) is 4.79 Å². The number of rotatable bonds is 10. The Morgan fingerprint density at radius 2 is 1.50 bits per heavy atom. The Morgan fingerprint density at radius 1 is 0.875 bits per heavy atom. The predicted molar refractivity (Wildman–Crippen MR) is 98.2 cm³/mol. The third-order valence-corrected chi connectivity index (χ3v) is 4.02. The molecule has 0 aliphatic carbocycles. The molecule has 0 saturated heterocycles. The van der Waals surface area contributed by atoms with Crippen molar-refractivity contribution >= 4 is 5.97 Å². The second-order valence-corrected chi connectivity index (χ2v) is 6.10. The molecule has 0 radical (unpaired) electrons. The fourth-order valence-corrected chi connectivity index (χ4v) is 2.62. The van der Waals surface area contributed by atoms with Crippen LogP contribution < -0.4 is 0 Å². The van der Waals surface area contributed by atoms with Crippen molar-refractivity contribution < 1.29 is 9.53 Å². The standard InChI is InChI=1S/C21H27NO2/c1-22(16-9-8-13-19-11-4-2-5-12-19)17-10-18-24-21(23)20-14-6-3-7-15-20/h2-7,11-12,14-15H,8-10,13,16-18H2,1H3. The molecule has 0 amide bonds. The summed E-state index contributed by atoms with van der Waals surface area (Å²) in [6.45, 7) is 2.51. The molecule has 0 aliphatic rings. The zero-order chi connectivity index (χ0) is 17.0. The van der Waals surface area contributed by atoms with Crippen molar-refractivity contribution in [1.29, 1.82) is 0 Å².